The van der Waals surface area contributed by atoms with Crippen molar-refractivity contribution < 1.29 is 17.9 Å². The van der Waals surface area contributed by atoms with Crippen LogP contribution in [0.15, 0.2) is 59.4 Å². The second-order valence-corrected chi connectivity index (χ2v) is 9.53. The van der Waals surface area contributed by atoms with Gasteiger partial charge in [-0.15, -0.1) is 0 Å². The number of sulfonamides is 1. The molecule has 10 heteroatoms. The van der Waals surface area contributed by atoms with Crippen LogP contribution in [0.5, 0.6) is 5.75 Å². The topological polar surface area (TPSA) is 103 Å². The molecule has 1 aliphatic rings. The number of ether oxygens (including phenoxy) is 1. The number of hydrogen-bond acceptors (Lipinski definition) is 5. The molecule has 168 valence electrons. The van der Waals surface area contributed by atoms with Gasteiger partial charge in [0.15, 0.2) is 6.10 Å². The molecule has 1 unspecified atom stereocenters. The Balaban J connectivity index is 1.64. The van der Waals surface area contributed by atoms with Crippen LogP contribution in [0.2, 0.25) is 0 Å². The molecular weight excluding hydrogens is 432 g/mol. The summed E-state index contributed by atoms with van der Waals surface area (Å²) in [5.41, 5.74) is 1.43. The van der Waals surface area contributed by atoms with Gasteiger partial charge in [-0.2, -0.15) is 0 Å². The van der Waals surface area contributed by atoms with Gasteiger partial charge in [-0.1, -0.05) is 30.3 Å². The lowest BCUT2D eigenvalue weighted by molar-refractivity contribution is -0.122. The summed E-state index contributed by atoms with van der Waals surface area (Å²) >= 11 is 0. The molecule has 0 radical (unpaired) electrons. The van der Waals surface area contributed by atoms with Crippen LogP contribution in [-0.4, -0.2) is 42.6 Å². The third-order valence-electron chi connectivity index (χ3n) is 5.49. The fourth-order valence-electron chi connectivity index (χ4n) is 3.78. The van der Waals surface area contributed by atoms with E-state index in [4.69, 9.17) is 4.74 Å². The summed E-state index contributed by atoms with van der Waals surface area (Å²) in [6.45, 7) is 1.82. The minimum Gasteiger partial charge on any atom is -0.478 e. The number of carbonyl (C=O) groups excluding carboxylic acids is 1. The number of rotatable bonds is 4. The molecule has 0 aliphatic carbocycles. The Kier molecular flexibility index (Phi) is 5.55. The second-order valence-electron chi connectivity index (χ2n) is 7.62. The number of amides is 1. The summed E-state index contributed by atoms with van der Waals surface area (Å²) in [7, 11) is -1.81. The van der Waals surface area contributed by atoms with E-state index in [0.717, 1.165) is 6.26 Å². The van der Waals surface area contributed by atoms with Crippen molar-refractivity contribution in [2.24, 2.45) is 7.05 Å². The van der Waals surface area contributed by atoms with Crippen LogP contribution in [0.1, 0.15) is 12.1 Å². The minimum absolute atomic E-state index is 0.0793. The van der Waals surface area contributed by atoms with Crippen LogP contribution in [0, 0.1) is 6.92 Å². The fraction of sp³-hybridized carbons (Fsp3) is 0.273. The van der Waals surface area contributed by atoms with Gasteiger partial charge in [-0.05, 0) is 31.2 Å². The third-order valence-corrected chi connectivity index (χ3v) is 6.67. The summed E-state index contributed by atoms with van der Waals surface area (Å²) in [6, 6.07) is 15.8. The Morgan fingerprint density at radius 1 is 1.09 bits per heavy atom. The zero-order chi connectivity index (χ0) is 23.0. The molecule has 1 aliphatic heterocycles. The lowest BCUT2D eigenvalue weighted by Crippen LogP contribution is -2.37. The molecule has 32 heavy (non-hydrogen) atoms. The average Bonchev–Trinajstić information content (AvgIpc) is 2.90. The molecule has 2 heterocycles. The lowest BCUT2D eigenvalue weighted by atomic mass is 10.2. The molecule has 0 fully saturated rings. The summed E-state index contributed by atoms with van der Waals surface area (Å²) in [5, 5.41) is 2.71. The van der Waals surface area contributed by atoms with E-state index in [9.17, 15) is 18.0 Å². The molecule has 1 N–H and O–H groups in total. The number of carbonyl (C=O) groups is 1. The fourth-order valence-corrected chi connectivity index (χ4v) is 4.72. The van der Waals surface area contributed by atoms with Crippen LogP contribution >= 0.6 is 0 Å². The number of aromatic nitrogens is 2. The van der Waals surface area contributed by atoms with Gasteiger partial charge >= 0.3 is 0 Å². The van der Waals surface area contributed by atoms with Crippen LogP contribution in [0.3, 0.4) is 0 Å². The van der Waals surface area contributed by atoms with Gasteiger partial charge in [-0.3, -0.25) is 18.6 Å². The van der Waals surface area contributed by atoms with Crippen LogP contribution in [-0.2, 0) is 21.9 Å². The van der Waals surface area contributed by atoms with Crippen molar-refractivity contribution in [3.63, 3.8) is 0 Å². The smallest absolute Gasteiger partial charge is 0.295 e. The van der Waals surface area contributed by atoms with Gasteiger partial charge in [-0.25, -0.2) is 13.1 Å². The molecule has 4 rings (SSSR count). The predicted molar refractivity (Wildman–Crippen MR) is 122 cm³/mol. The Morgan fingerprint density at radius 2 is 1.75 bits per heavy atom. The van der Waals surface area contributed by atoms with E-state index in [1.54, 1.807) is 55.1 Å². The molecule has 3 aromatic rings. The number of nitrogens with one attached hydrogen (secondary N) is 1. The molecule has 0 bridgehead atoms. The number of para-hydroxylation sites is 3. The van der Waals surface area contributed by atoms with E-state index in [-0.39, 0.29) is 24.2 Å². The molecule has 1 aromatic heterocycles. The number of benzene rings is 2. The first-order chi connectivity index (χ1) is 15.2. The monoisotopic (exact) mass is 456 g/mol. The van der Waals surface area contributed by atoms with Crippen molar-refractivity contribution >= 4 is 27.3 Å². The van der Waals surface area contributed by atoms with Crippen LogP contribution in [0.25, 0.3) is 5.69 Å². The van der Waals surface area contributed by atoms with Gasteiger partial charge in [0, 0.05) is 20.0 Å². The number of fused-ring (bicyclic) bond motifs is 1. The molecule has 0 saturated heterocycles. The van der Waals surface area contributed by atoms with Crippen LogP contribution in [0.4, 0.5) is 11.4 Å². The van der Waals surface area contributed by atoms with Crippen molar-refractivity contribution in [2.75, 3.05) is 22.4 Å². The van der Waals surface area contributed by atoms with E-state index < -0.39 is 22.0 Å². The summed E-state index contributed by atoms with van der Waals surface area (Å²) in [5.74, 6) is -0.219. The zero-order valence-electron chi connectivity index (χ0n) is 18.0. The highest BCUT2D eigenvalue weighted by atomic mass is 32.2. The molecule has 2 aromatic carbocycles. The van der Waals surface area contributed by atoms with E-state index >= 15 is 0 Å². The highest BCUT2D eigenvalue weighted by Gasteiger charge is 2.32. The van der Waals surface area contributed by atoms with Gasteiger partial charge in [0.2, 0.25) is 10.0 Å². The van der Waals surface area contributed by atoms with Crippen molar-refractivity contribution in [1.29, 1.82) is 0 Å². The second kappa shape index (κ2) is 8.19. The molecule has 1 amide bonds. The minimum atomic E-state index is -3.55. The SMILES string of the molecule is Cc1c(NC(=O)C2CCN(S(C)(=O)=O)c3ccccc3O2)c(=O)n(-c2ccccc2)n1C. The third kappa shape index (κ3) is 3.89. The predicted octanol–water partition coefficient (Wildman–Crippen LogP) is 2.04. The maximum absolute atomic E-state index is 13.1. The Bertz CT molecular complexity index is 1330. The highest BCUT2D eigenvalue weighted by molar-refractivity contribution is 7.92. The highest BCUT2D eigenvalue weighted by Crippen LogP contribution is 2.34. The van der Waals surface area contributed by atoms with Gasteiger partial charge < -0.3 is 10.1 Å². The quantitative estimate of drug-likeness (QED) is 0.647. The largest absolute Gasteiger partial charge is 0.478 e. The Morgan fingerprint density at radius 3 is 2.44 bits per heavy atom. The average molecular weight is 457 g/mol. The van der Waals surface area contributed by atoms with Gasteiger partial charge in [0.1, 0.15) is 11.4 Å². The van der Waals surface area contributed by atoms with Crippen molar-refractivity contribution in [1.82, 2.24) is 9.36 Å². The number of hydrogen-bond donors (Lipinski definition) is 1. The van der Waals surface area contributed by atoms with Gasteiger partial charge in [0.25, 0.3) is 11.5 Å². The first kappa shape index (κ1) is 21.7. The first-order valence-electron chi connectivity index (χ1n) is 10.1. The Hall–Kier alpha value is -3.53. The van der Waals surface area contributed by atoms with Crippen molar-refractivity contribution in [2.45, 2.75) is 19.4 Å². The number of nitrogens with zero attached hydrogens (tertiary/aromatic N) is 3. The maximum Gasteiger partial charge on any atom is 0.295 e. The van der Waals surface area contributed by atoms with E-state index in [2.05, 4.69) is 5.32 Å². The van der Waals surface area contributed by atoms with Crippen LogP contribution < -0.4 is 19.9 Å². The lowest BCUT2D eigenvalue weighted by Gasteiger charge is -2.20. The van der Waals surface area contributed by atoms with Crippen molar-refractivity contribution in [3.05, 3.63) is 70.6 Å². The molecule has 9 nitrogen and oxygen atoms in total. The molecule has 0 spiro atoms. The van der Waals surface area contributed by atoms with E-state index in [1.807, 2.05) is 18.2 Å². The van der Waals surface area contributed by atoms with E-state index in [0.29, 0.717) is 22.8 Å². The summed E-state index contributed by atoms with van der Waals surface area (Å²) in [4.78, 5) is 26.2. The Labute approximate surface area is 185 Å². The first-order valence-corrected chi connectivity index (χ1v) is 11.9. The maximum atomic E-state index is 13.1. The normalized spacial score (nSPS) is 16.1. The zero-order valence-corrected chi connectivity index (χ0v) is 18.8. The molecular formula is C22H24N4O5S. The van der Waals surface area contributed by atoms with Crippen molar-refractivity contribution in [3.8, 4) is 11.4 Å². The summed E-state index contributed by atoms with van der Waals surface area (Å²) < 4.78 is 34.8. The number of anilines is 2. The summed E-state index contributed by atoms with van der Waals surface area (Å²) in [6.07, 6.45) is 0.280. The molecule has 1 atom stereocenters. The van der Waals surface area contributed by atoms with Gasteiger partial charge in [0.05, 0.1) is 23.3 Å². The standard InChI is InChI=1S/C22H24N4O5S/c1-15-20(22(28)26(24(15)2)16-9-5-4-6-10-16)23-21(27)19-13-14-25(32(3,29)30)17-11-7-8-12-18(17)31-19/h4-12,19H,13-14H2,1-3H3,(H,23,27). The molecule has 0 saturated carbocycles. The van der Waals surface area contributed by atoms with E-state index in [1.165, 1.54) is 8.99 Å².